The largest absolute Gasteiger partial charge is 0.398 e. The van der Waals surface area contributed by atoms with Crippen molar-refractivity contribution in [1.29, 1.82) is 0 Å². The molecule has 0 radical (unpaired) electrons. The topological polar surface area (TPSA) is 63.4 Å². The Balaban J connectivity index is 2.24. The van der Waals surface area contributed by atoms with E-state index in [-0.39, 0.29) is 10.3 Å². The molecule has 6 heteroatoms. The van der Waals surface area contributed by atoms with Crippen LogP contribution >= 0.6 is 15.9 Å². The number of piperidine rings is 1. The van der Waals surface area contributed by atoms with E-state index in [0.29, 0.717) is 18.8 Å². The minimum Gasteiger partial charge on any atom is -0.398 e. The van der Waals surface area contributed by atoms with Crippen molar-refractivity contribution in [3.05, 3.63) is 22.7 Å². The van der Waals surface area contributed by atoms with Gasteiger partial charge < -0.3 is 5.73 Å². The molecule has 1 heterocycles. The lowest BCUT2D eigenvalue weighted by molar-refractivity contribution is 0.169. The normalized spacial score (nSPS) is 19.9. The number of halogens is 1. The van der Waals surface area contributed by atoms with Crippen molar-refractivity contribution in [2.24, 2.45) is 5.41 Å². The average Bonchev–Trinajstić information content (AvgIpc) is 2.39. The Bertz CT molecular complexity index is 593. The van der Waals surface area contributed by atoms with E-state index < -0.39 is 10.0 Å². The van der Waals surface area contributed by atoms with Gasteiger partial charge in [-0.3, -0.25) is 0 Å². The summed E-state index contributed by atoms with van der Waals surface area (Å²) in [6.45, 7) is 5.53. The number of nitrogen functional groups attached to an aromatic ring is 1. The summed E-state index contributed by atoms with van der Waals surface area (Å²) >= 11 is 3.29. The molecule has 0 amide bonds. The van der Waals surface area contributed by atoms with Crippen LogP contribution in [0.5, 0.6) is 0 Å². The van der Waals surface area contributed by atoms with E-state index in [2.05, 4.69) is 29.8 Å². The summed E-state index contributed by atoms with van der Waals surface area (Å²) in [5, 5.41) is 0. The average molecular weight is 361 g/mol. The maximum absolute atomic E-state index is 12.6. The molecule has 1 fully saturated rings. The van der Waals surface area contributed by atoms with Gasteiger partial charge in [0.05, 0.1) is 5.69 Å². The molecule has 0 spiro atoms. The Morgan fingerprint density at radius 3 is 2.45 bits per heavy atom. The van der Waals surface area contributed by atoms with Crippen LogP contribution in [0.3, 0.4) is 0 Å². The first-order chi connectivity index (χ1) is 9.28. The summed E-state index contributed by atoms with van der Waals surface area (Å²) in [6, 6.07) is 4.92. The van der Waals surface area contributed by atoms with Crippen LogP contribution in [0.2, 0.25) is 0 Å². The molecule has 0 aromatic heterocycles. The van der Waals surface area contributed by atoms with Crippen LogP contribution in [0.15, 0.2) is 27.6 Å². The smallest absolute Gasteiger partial charge is 0.245 e. The number of nitrogens with zero attached hydrogens (tertiary/aromatic N) is 1. The zero-order valence-electron chi connectivity index (χ0n) is 11.9. The highest BCUT2D eigenvalue weighted by molar-refractivity contribution is 9.10. The lowest BCUT2D eigenvalue weighted by Gasteiger charge is -2.38. The lowest BCUT2D eigenvalue weighted by Crippen LogP contribution is -2.42. The fraction of sp³-hybridized carbons (Fsp3) is 0.571. The van der Waals surface area contributed by atoms with Gasteiger partial charge in [0, 0.05) is 17.6 Å². The minimum absolute atomic E-state index is 0.209. The highest BCUT2D eigenvalue weighted by atomic mass is 79.9. The van der Waals surface area contributed by atoms with E-state index in [9.17, 15) is 8.42 Å². The van der Waals surface area contributed by atoms with Gasteiger partial charge in [-0.15, -0.1) is 0 Å². The molecular weight excluding hydrogens is 340 g/mol. The summed E-state index contributed by atoms with van der Waals surface area (Å²) < 4.78 is 27.6. The van der Waals surface area contributed by atoms with Crippen molar-refractivity contribution in [2.75, 3.05) is 18.8 Å². The van der Waals surface area contributed by atoms with E-state index >= 15 is 0 Å². The molecule has 0 aliphatic carbocycles. The molecule has 0 bridgehead atoms. The Hall–Kier alpha value is -0.590. The first kappa shape index (κ1) is 15.8. The first-order valence-electron chi connectivity index (χ1n) is 6.84. The van der Waals surface area contributed by atoms with Crippen LogP contribution in [0.4, 0.5) is 5.69 Å². The summed E-state index contributed by atoms with van der Waals surface area (Å²) in [6.07, 6.45) is 2.89. The minimum atomic E-state index is -3.48. The van der Waals surface area contributed by atoms with Crippen molar-refractivity contribution in [1.82, 2.24) is 4.31 Å². The van der Waals surface area contributed by atoms with Gasteiger partial charge in [-0.1, -0.05) is 36.2 Å². The summed E-state index contributed by atoms with van der Waals surface area (Å²) in [7, 11) is -3.48. The van der Waals surface area contributed by atoms with Gasteiger partial charge in [0.15, 0.2) is 0 Å². The third kappa shape index (κ3) is 3.02. The fourth-order valence-electron chi connectivity index (χ4n) is 2.51. The van der Waals surface area contributed by atoms with E-state index in [1.165, 1.54) is 0 Å². The van der Waals surface area contributed by atoms with Gasteiger partial charge in [-0.25, -0.2) is 8.42 Å². The molecule has 1 aromatic carbocycles. The van der Waals surface area contributed by atoms with Gasteiger partial charge in [-0.05, 0) is 36.5 Å². The first-order valence-corrected chi connectivity index (χ1v) is 9.07. The number of sulfonamides is 1. The summed E-state index contributed by atoms with van der Waals surface area (Å²) in [4.78, 5) is 0.209. The van der Waals surface area contributed by atoms with Gasteiger partial charge in [0.2, 0.25) is 10.0 Å². The number of hydrogen-bond acceptors (Lipinski definition) is 3. The monoisotopic (exact) mass is 360 g/mol. The summed E-state index contributed by atoms with van der Waals surface area (Å²) in [5.74, 6) is 0. The number of hydrogen-bond donors (Lipinski definition) is 1. The maximum Gasteiger partial charge on any atom is 0.245 e. The van der Waals surface area contributed by atoms with Gasteiger partial charge >= 0.3 is 0 Å². The molecule has 20 heavy (non-hydrogen) atoms. The Labute approximate surface area is 129 Å². The molecular formula is C14H21BrN2O2S. The van der Waals surface area contributed by atoms with Crippen molar-refractivity contribution in [2.45, 2.75) is 38.0 Å². The van der Waals surface area contributed by atoms with E-state index in [0.717, 1.165) is 23.7 Å². The predicted molar refractivity (Wildman–Crippen MR) is 84.9 cm³/mol. The van der Waals surface area contributed by atoms with Crippen LogP contribution in [0.25, 0.3) is 0 Å². The van der Waals surface area contributed by atoms with Crippen molar-refractivity contribution in [3.8, 4) is 0 Å². The highest BCUT2D eigenvalue weighted by Gasteiger charge is 2.35. The van der Waals surface area contributed by atoms with E-state index in [1.807, 2.05) is 0 Å². The van der Waals surface area contributed by atoms with Crippen molar-refractivity contribution in [3.63, 3.8) is 0 Å². The van der Waals surface area contributed by atoms with Crippen LogP contribution in [-0.4, -0.2) is 25.8 Å². The van der Waals surface area contributed by atoms with Gasteiger partial charge in [-0.2, -0.15) is 4.31 Å². The second-order valence-electron chi connectivity index (χ2n) is 5.75. The molecule has 1 saturated heterocycles. The fourth-order valence-corrected chi connectivity index (χ4v) is 4.43. The molecule has 1 aromatic rings. The Morgan fingerprint density at radius 2 is 1.95 bits per heavy atom. The molecule has 2 N–H and O–H groups in total. The maximum atomic E-state index is 12.6. The standard InChI is InChI=1S/C14H21BrN2O2S/c1-3-14(2)6-8-17(9-7-14)20(18,19)13-5-4-11(15)10-12(13)16/h4-5,10H,3,6-9,16H2,1-2H3. The van der Waals surface area contributed by atoms with Crippen LogP contribution in [0, 0.1) is 5.41 Å². The summed E-state index contributed by atoms with van der Waals surface area (Å²) in [5.41, 5.74) is 6.41. The zero-order valence-corrected chi connectivity index (χ0v) is 14.3. The number of rotatable bonds is 3. The zero-order chi connectivity index (χ0) is 15.0. The molecule has 0 saturated carbocycles. The molecule has 112 valence electrons. The van der Waals surface area contributed by atoms with Gasteiger partial charge in [0.25, 0.3) is 0 Å². The van der Waals surface area contributed by atoms with Crippen LogP contribution < -0.4 is 5.73 Å². The third-order valence-corrected chi connectivity index (χ3v) is 6.84. The third-order valence-electron chi connectivity index (χ3n) is 4.37. The molecule has 0 atom stereocenters. The lowest BCUT2D eigenvalue weighted by atomic mass is 9.79. The number of nitrogens with two attached hydrogens (primary N) is 1. The van der Waals surface area contributed by atoms with Crippen molar-refractivity contribution >= 4 is 31.6 Å². The van der Waals surface area contributed by atoms with Gasteiger partial charge in [0.1, 0.15) is 4.90 Å². The number of benzene rings is 1. The highest BCUT2D eigenvalue weighted by Crippen LogP contribution is 2.36. The molecule has 2 rings (SSSR count). The molecule has 1 aliphatic rings. The Kier molecular flexibility index (Phi) is 4.47. The van der Waals surface area contributed by atoms with E-state index in [4.69, 9.17) is 5.73 Å². The molecule has 0 unspecified atom stereocenters. The number of anilines is 1. The Morgan fingerprint density at radius 1 is 1.35 bits per heavy atom. The van der Waals surface area contributed by atoms with E-state index in [1.54, 1.807) is 22.5 Å². The van der Waals surface area contributed by atoms with Crippen LogP contribution in [-0.2, 0) is 10.0 Å². The molecule has 1 aliphatic heterocycles. The van der Waals surface area contributed by atoms with Crippen molar-refractivity contribution < 1.29 is 8.42 Å². The molecule has 4 nitrogen and oxygen atoms in total. The predicted octanol–water partition coefficient (Wildman–Crippen LogP) is 3.23. The second kappa shape index (κ2) is 5.66. The second-order valence-corrected chi connectivity index (χ2v) is 8.57. The SMILES string of the molecule is CCC1(C)CCN(S(=O)(=O)c2ccc(Br)cc2N)CC1. The van der Waals surface area contributed by atoms with Crippen LogP contribution in [0.1, 0.15) is 33.1 Å². The quantitative estimate of drug-likeness (QED) is 0.841.